The van der Waals surface area contributed by atoms with Gasteiger partial charge in [-0.25, -0.2) is 0 Å². The van der Waals surface area contributed by atoms with Crippen molar-refractivity contribution in [1.82, 2.24) is 25.2 Å². The molecule has 2 aliphatic rings. The Hall–Kier alpha value is -2.22. The van der Waals surface area contributed by atoms with E-state index in [2.05, 4.69) is 20.3 Å². The van der Waals surface area contributed by atoms with E-state index in [1.807, 2.05) is 18.0 Å². The molecular formula is C16H21N5O3. The fourth-order valence-corrected chi connectivity index (χ4v) is 3.28. The Kier molecular flexibility index (Phi) is 4.05. The van der Waals surface area contributed by atoms with Gasteiger partial charge < -0.3 is 14.2 Å². The molecule has 1 aliphatic carbocycles. The summed E-state index contributed by atoms with van der Waals surface area (Å²) in [5.74, 6) is 1.47. The second-order valence-corrected chi connectivity index (χ2v) is 6.45. The summed E-state index contributed by atoms with van der Waals surface area (Å²) in [4.78, 5) is 18.7. The Morgan fingerprint density at radius 3 is 3.17 bits per heavy atom. The molecule has 1 N–H and O–H groups in total. The van der Waals surface area contributed by atoms with Crippen molar-refractivity contribution in [3.8, 4) is 0 Å². The number of carbonyl (C=O) groups is 1. The number of aromatic nitrogens is 4. The van der Waals surface area contributed by atoms with Crippen molar-refractivity contribution in [2.45, 2.75) is 45.3 Å². The van der Waals surface area contributed by atoms with Crippen molar-refractivity contribution in [3.63, 3.8) is 0 Å². The maximum Gasteiger partial charge on any atom is 0.252 e. The summed E-state index contributed by atoms with van der Waals surface area (Å²) in [6, 6.07) is 0. The van der Waals surface area contributed by atoms with Crippen LogP contribution in [0, 0.1) is 5.92 Å². The molecule has 1 saturated heterocycles. The van der Waals surface area contributed by atoms with E-state index in [1.54, 1.807) is 0 Å². The number of rotatable bonds is 5. The van der Waals surface area contributed by atoms with Gasteiger partial charge in [-0.1, -0.05) is 12.1 Å². The van der Waals surface area contributed by atoms with E-state index >= 15 is 0 Å². The summed E-state index contributed by atoms with van der Waals surface area (Å²) in [5.41, 5.74) is 2.35. The number of nitrogens with one attached hydrogen (secondary N) is 1. The molecule has 0 aromatic carbocycles. The number of H-pyrrole nitrogens is 1. The van der Waals surface area contributed by atoms with E-state index in [1.165, 1.54) is 5.56 Å². The van der Waals surface area contributed by atoms with E-state index in [9.17, 15) is 4.79 Å². The fourth-order valence-electron chi connectivity index (χ4n) is 3.28. The minimum absolute atomic E-state index is 0.0530. The van der Waals surface area contributed by atoms with Crippen LogP contribution in [0.3, 0.4) is 0 Å². The van der Waals surface area contributed by atoms with Crippen molar-refractivity contribution in [3.05, 3.63) is 29.2 Å². The number of amides is 1. The molecule has 128 valence electrons. The van der Waals surface area contributed by atoms with Gasteiger partial charge in [0.25, 0.3) is 5.89 Å². The summed E-state index contributed by atoms with van der Waals surface area (Å²) >= 11 is 0. The molecule has 1 amide bonds. The van der Waals surface area contributed by atoms with Crippen LogP contribution in [0.1, 0.15) is 36.3 Å². The van der Waals surface area contributed by atoms with E-state index < -0.39 is 0 Å². The Balaban J connectivity index is 1.23. The summed E-state index contributed by atoms with van der Waals surface area (Å²) in [6.07, 6.45) is 5.25. The van der Waals surface area contributed by atoms with E-state index in [4.69, 9.17) is 9.26 Å². The Labute approximate surface area is 139 Å². The number of aromatic amines is 1. The molecule has 0 bridgehead atoms. The van der Waals surface area contributed by atoms with Gasteiger partial charge in [-0.15, -0.1) is 0 Å². The van der Waals surface area contributed by atoms with Gasteiger partial charge in [0.2, 0.25) is 5.91 Å². The molecule has 8 heteroatoms. The normalized spacial score (nSPS) is 20.7. The fraction of sp³-hybridized carbons (Fsp3) is 0.625. The third-order valence-corrected chi connectivity index (χ3v) is 4.80. The van der Waals surface area contributed by atoms with Crippen LogP contribution in [-0.4, -0.2) is 50.3 Å². The van der Waals surface area contributed by atoms with Crippen molar-refractivity contribution in [1.29, 1.82) is 0 Å². The van der Waals surface area contributed by atoms with Gasteiger partial charge in [0.05, 0.1) is 12.3 Å². The summed E-state index contributed by atoms with van der Waals surface area (Å²) in [7, 11) is 0. The number of hydrogen-bond donors (Lipinski definition) is 1. The quantitative estimate of drug-likeness (QED) is 0.874. The lowest BCUT2D eigenvalue weighted by Crippen LogP contribution is -2.56. The van der Waals surface area contributed by atoms with Gasteiger partial charge in [-0.3, -0.25) is 9.89 Å². The second-order valence-electron chi connectivity index (χ2n) is 6.45. The third kappa shape index (κ3) is 2.93. The van der Waals surface area contributed by atoms with Gasteiger partial charge in [0, 0.05) is 37.5 Å². The zero-order chi connectivity index (χ0) is 16.5. The van der Waals surface area contributed by atoms with E-state index in [-0.39, 0.29) is 17.9 Å². The van der Waals surface area contributed by atoms with Crippen LogP contribution < -0.4 is 0 Å². The van der Waals surface area contributed by atoms with Gasteiger partial charge in [-0.05, 0) is 18.4 Å². The first-order chi connectivity index (χ1) is 11.7. The number of likely N-dealkylation sites (tertiary alicyclic amines) is 1. The molecule has 1 unspecified atom stereocenters. The van der Waals surface area contributed by atoms with Crippen molar-refractivity contribution < 1.29 is 14.1 Å². The van der Waals surface area contributed by atoms with Crippen molar-refractivity contribution in [2.24, 2.45) is 5.92 Å². The number of ether oxygens (including phenoxy) is 1. The van der Waals surface area contributed by atoms with Crippen LogP contribution in [0.25, 0.3) is 0 Å². The topological polar surface area (TPSA) is 97.1 Å². The first-order valence-corrected chi connectivity index (χ1v) is 8.46. The first kappa shape index (κ1) is 15.3. The van der Waals surface area contributed by atoms with Gasteiger partial charge >= 0.3 is 0 Å². The largest absolute Gasteiger partial charge is 0.365 e. The Morgan fingerprint density at radius 1 is 1.50 bits per heavy atom. The van der Waals surface area contributed by atoms with E-state index in [0.29, 0.717) is 31.4 Å². The summed E-state index contributed by atoms with van der Waals surface area (Å²) in [5, 5.41) is 10.9. The molecule has 8 nitrogen and oxygen atoms in total. The highest BCUT2D eigenvalue weighted by Gasteiger charge is 2.36. The molecule has 1 fully saturated rings. The van der Waals surface area contributed by atoms with Crippen LogP contribution in [0.4, 0.5) is 0 Å². The van der Waals surface area contributed by atoms with Crippen molar-refractivity contribution >= 4 is 5.91 Å². The van der Waals surface area contributed by atoms with Crippen LogP contribution in [0.2, 0.25) is 0 Å². The molecule has 0 saturated carbocycles. The standard InChI is InChI=1S/C16H21N5O3/c1-2-14-18-15(24-20-14)9-23-12-7-21(8-12)16(22)10-3-4-11-6-17-19-13(11)5-10/h6,10,12H,2-5,7-9H2,1H3,(H,17,19). The molecule has 1 aliphatic heterocycles. The first-order valence-electron chi connectivity index (χ1n) is 8.46. The third-order valence-electron chi connectivity index (χ3n) is 4.80. The molecule has 24 heavy (non-hydrogen) atoms. The number of carbonyl (C=O) groups excluding carboxylic acids is 1. The maximum absolute atomic E-state index is 12.6. The molecule has 0 radical (unpaired) electrons. The SMILES string of the molecule is CCc1noc(COC2CN(C(=O)C3CCc4cn[nH]c4C3)C2)n1. The van der Waals surface area contributed by atoms with Gasteiger partial charge in [0.1, 0.15) is 6.61 Å². The van der Waals surface area contributed by atoms with Crippen LogP contribution in [0.15, 0.2) is 10.7 Å². The Bertz CT molecular complexity index is 719. The smallest absolute Gasteiger partial charge is 0.252 e. The van der Waals surface area contributed by atoms with Gasteiger partial charge in [0.15, 0.2) is 5.82 Å². The Morgan fingerprint density at radius 2 is 2.38 bits per heavy atom. The highest BCUT2D eigenvalue weighted by molar-refractivity contribution is 5.80. The predicted molar refractivity (Wildman–Crippen MR) is 82.9 cm³/mol. The maximum atomic E-state index is 12.6. The highest BCUT2D eigenvalue weighted by Crippen LogP contribution is 2.27. The monoisotopic (exact) mass is 331 g/mol. The molecule has 2 aromatic heterocycles. The van der Waals surface area contributed by atoms with Crippen LogP contribution in [-0.2, 0) is 35.4 Å². The average Bonchev–Trinajstić information content (AvgIpc) is 3.21. The molecular weight excluding hydrogens is 310 g/mol. The molecule has 1 atom stereocenters. The zero-order valence-electron chi connectivity index (χ0n) is 13.7. The van der Waals surface area contributed by atoms with Crippen LogP contribution in [0.5, 0.6) is 0 Å². The van der Waals surface area contributed by atoms with Gasteiger partial charge in [-0.2, -0.15) is 10.1 Å². The lowest BCUT2D eigenvalue weighted by Gasteiger charge is -2.41. The number of aryl methyl sites for hydroxylation is 2. The molecule has 0 spiro atoms. The summed E-state index contributed by atoms with van der Waals surface area (Å²) in [6.45, 7) is 3.56. The number of nitrogens with zero attached hydrogens (tertiary/aromatic N) is 4. The average molecular weight is 331 g/mol. The highest BCUT2D eigenvalue weighted by atomic mass is 16.5. The van der Waals surface area contributed by atoms with E-state index in [0.717, 1.165) is 31.4 Å². The lowest BCUT2D eigenvalue weighted by molar-refractivity contribution is -0.151. The minimum atomic E-state index is 0.0530. The molecule has 4 rings (SSSR count). The van der Waals surface area contributed by atoms with Crippen LogP contribution >= 0.6 is 0 Å². The lowest BCUT2D eigenvalue weighted by atomic mass is 9.86. The minimum Gasteiger partial charge on any atom is -0.365 e. The molecule has 3 heterocycles. The van der Waals surface area contributed by atoms with Crippen molar-refractivity contribution in [2.75, 3.05) is 13.1 Å². The number of hydrogen-bond acceptors (Lipinski definition) is 6. The summed E-state index contributed by atoms with van der Waals surface area (Å²) < 4.78 is 10.8. The zero-order valence-corrected chi connectivity index (χ0v) is 13.7. The molecule has 2 aromatic rings. The number of fused-ring (bicyclic) bond motifs is 1. The second kappa shape index (κ2) is 6.35. The predicted octanol–water partition coefficient (Wildman–Crippen LogP) is 0.888.